The molecular formula is C15H19ClFN3. The molecule has 2 aromatic rings. The quantitative estimate of drug-likeness (QED) is 0.939. The molecule has 0 aliphatic heterocycles. The van der Waals surface area contributed by atoms with E-state index >= 15 is 0 Å². The van der Waals surface area contributed by atoms with Crippen molar-refractivity contribution in [2.24, 2.45) is 12.8 Å². The molecule has 0 saturated heterocycles. The Labute approximate surface area is 123 Å². The molecule has 20 heavy (non-hydrogen) atoms. The zero-order valence-electron chi connectivity index (χ0n) is 12.0. The zero-order chi connectivity index (χ0) is 14.9. The van der Waals surface area contributed by atoms with Gasteiger partial charge in [-0.15, -0.1) is 0 Å². The molecule has 0 aliphatic rings. The fraction of sp³-hybridized carbons (Fsp3) is 0.400. The first-order valence-electron chi connectivity index (χ1n) is 6.59. The first-order chi connectivity index (χ1) is 9.40. The molecule has 2 rings (SSSR count). The highest BCUT2D eigenvalue weighted by Crippen LogP contribution is 2.26. The van der Waals surface area contributed by atoms with Crippen LogP contribution in [0.5, 0.6) is 0 Å². The van der Waals surface area contributed by atoms with Gasteiger partial charge in [-0.2, -0.15) is 5.10 Å². The average Bonchev–Trinajstić information content (AvgIpc) is 2.64. The van der Waals surface area contributed by atoms with Crippen LogP contribution in [0.3, 0.4) is 0 Å². The maximum atomic E-state index is 13.3. The summed E-state index contributed by atoms with van der Waals surface area (Å²) in [5.74, 6) is -0.311. The van der Waals surface area contributed by atoms with Crippen LogP contribution in [-0.2, 0) is 13.5 Å². The molecule has 0 bridgehead atoms. The van der Waals surface area contributed by atoms with Crippen molar-refractivity contribution < 1.29 is 4.39 Å². The molecule has 0 spiro atoms. The van der Waals surface area contributed by atoms with Crippen molar-refractivity contribution in [1.82, 2.24) is 9.78 Å². The minimum Gasteiger partial charge on any atom is -0.324 e. The number of rotatable bonds is 4. The van der Waals surface area contributed by atoms with Crippen molar-refractivity contribution in [3.05, 3.63) is 51.6 Å². The summed E-state index contributed by atoms with van der Waals surface area (Å²) in [6.45, 7) is 4.03. The average molecular weight is 296 g/mol. The molecule has 108 valence electrons. The largest absolute Gasteiger partial charge is 0.324 e. The highest BCUT2D eigenvalue weighted by atomic mass is 35.5. The first kappa shape index (κ1) is 15.0. The van der Waals surface area contributed by atoms with Crippen molar-refractivity contribution in [1.29, 1.82) is 0 Å². The van der Waals surface area contributed by atoms with E-state index in [4.69, 9.17) is 17.3 Å². The number of halogens is 2. The highest BCUT2D eigenvalue weighted by Gasteiger charge is 2.15. The molecule has 1 aromatic carbocycles. The topological polar surface area (TPSA) is 43.8 Å². The van der Waals surface area contributed by atoms with E-state index < -0.39 is 0 Å². The maximum absolute atomic E-state index is 13.3. The summed E-state index contributed by atoms with van der Waals surface area (Å²) in [7, 11) is 1.93. The molecule has 0 amide bonds. The van der Waals surface area contributed by atoms with Crippen LogP contribution < -0.4 is 5.73 Å². The molecule has 1 aromatic heterocycles. The molecule has 1 unspecified atom stereocenters. The number of hydrogen-bond donors (Lipinski definition) is 1. The van der Waals surface area contributed by atoms with Crippen LogP contribution >= 0.6 is 11.6 Å². The molecule has 5 heteroatoms. The Hall–Kier alpha value is -1.39. The fourth-order valence-electron chi connectivity index (χ4n) is 2.43. The predicted octanol–water partition coefficient (Wildman–Crippen LogP) is 3.46. The van der Waals surface area contributed by atoms with Gasteiger partial charge in [-0.05, 0) is 56.0 Å². The van der Waals surface area contributed by atoms with Gasteiger partial charge < -0.3 is 5.73 Å². The van der Waals surface area contributed by atoms with Crippen molar-refractivity contribution >= 4 is 11.6 Å². The van der Waals surface area contributed by atoms with Crippen LogP contribution in [0.25, 0.3) is 0 Å². The number of nitrogens with zero attached hydrogens (tertiary/aromatic N) is 2. The van der Waals surface area contributed by atoms with E-state index in [1.165, 1.54) is 17.7 Å². The standard InChI is InChI=1S/C15H19ClFN3/c1-9-12(10(2)20(3)19-9)5-7-15(18)13-8-11(17)4-6-14(13)16/h4,6,8,15H,5,7,18H2,1-3H3. The van der Waals surface area contributed by atoms with E-state index in [1.807, 2.05) is 25.6 Å². The van der Waals surface area contributed by atoms with Gasteiger partial charge in [0.05, 0.1) is 5.69 Å². The van der Waals surface area contributed by atoms with Gasteiger partial charge in [-0.25, -0.2) is 4.39 Å². The van der Waals surface area contributed by atoms with Gasteiger partial charge in [0.1, 0.15) is 5.82 Å². The smallest absolute Gasteiger partial charge is 0.123 e. The van der Waals surface area contributed by atoms with E-state index in [2.05, 4.69) is 5.10 Å². The van der Waals surface area contributed by atoms with Crippen molar-refractivity contribution in [3.8, 4) is 0 Å². The van der Waals surface area contributed by atoms with Crippen molar-refractivity contribution in [2.45, 2.75) is 32.7 Å². The molecule has 2 N–H and O–H groups in total. The van der Waals surface area contributed by atoms with Crippen LogP contribution in [0.1, 0.15) is 35.0 Å². The van der Waals surface area contributed by atoms with Crippen LogP contribution in [0.4, 0.5) is 4.39 Å². The summed E-state index contributed by atoms with van der Waals surface area (Å²) >= 11 is 6.08. The van der Waals surface area contributed by atoms with Gasteiger partial charge in [0.25, 0.3) is 0 Å². The Morgan fingerprint density at radius 3 is 2.70 bits per heavy atom. The molecule has 0 radical (unpaired) electrons. The number of benzene rings is 1. The van der Waals surface area contributed by atoms with Gasteiger partial charge in [0.2, 0.25) is 0 Å². The lowest BCUT2D eigenvalue weighted by Gasteiger charge is -2.14. The van der Waals surface area contributed by atoms with Crippen LogP contribution in [0.2, 0.25) is 5.02 Å². The monoisotopic (exact) mass is 295 g/mol. The number of nitrogens with two attached hydrogens (primary N) is 1. The molecule has 0 aliphatic carbocycles. The number of hydrogen-bond acceptors (Lipinski definition) is 2. The summed E-state index contributed by atoms with van der Waals surface area (Å²) < 4.78 is 15.1. The molecule has 0 fully saturated rings. The van der Waals surface area contributed by atoms with Gasteiger partial charge in [-0.1, -0.05) is 11.6 Å². The maximum Gasteiger partial charge on any atom is 0.123 e. The second-order valence-corrected chi connectivity index (χ2v) is 5.49. The first-order valence-corrected chi connectivity index (χ1v) is 6.97. The highest BCUT2D eigenvalue weighted by molar-refractivity contribution is 6.31. The summed E-state index contributed by atoms with van der Waals surface area (Å²) in [5, 5.41) is 4.90. The van der Waals surface area contributed by atoms with E-state index in [1.54, 1.807) is 6.07 Å². The lowest BCUT2D eigenvalue weighted by molar-refractivity contribution is 0.608. The van der Waals surface area contributed by atoms with Crippen molar-refractivity contribution in [2.75, 3.05) is 0 Å². The predicted molar refractivity (Wildman–Crippen MR) is 79.3 cm³/mol. The number of aryl methyl sites for hydroxylation is 2. The third-order valence-corrected chi connectivity index (χ3v) is 4.07. The third kappa shape index (κ3) is 3.02. The fourth-order valence-corrected chi connectivity index (χ4v) is 2.69. The van der Waals surface area contributed by atoms with Crippen molar-refractivity contribution in [3.63, 3.8) is 0 Å². The Kier molecular flexibility index (Phi) is 4.45. The van der Waals surface area contributed by atoms with E-state index in [9.17, 15) is 4.39 Å². The molecular weight excluding hydrogens is 277 g/mol. The van der Waals surface area contributed by atoms with E-state index in [0.717, 1.165) is 17.8 Å². The summed E-state index contributed by atoms with van der Waals surface area (Å²) in [4.78, 5) is 0. The molecule has 1 atom stereocenters. The Morgan fingerprint density at radius 1 is 1.40 bits per heavy atom. The summed E-state index contributed by atoms with van der Waals surface area (Å²) in [5.41, 5.74) is 10.2. The van der Waals surface area contributed by atoms with E-state index in [0.29, 0.717) is 17.0 Å². The normalized spacial score (nSPS) is 12.7. The zero-order valence-corrected chi connectivity index (χ0v) is 12.7. The van der Waals surface area contributed by atoms with Crippen LogP contribution in [0.15, 0.2) is 18.2 Å². The van der Waals surface area contributed by atoms with Crippen LogP contribution in [0, 0.1) is 19.7 Å². The third-order valence-electron chi connectivity index (χ3n) is 3.72. The second kappa shape index (κ2) is 5.94. The summed E-state index contributed by atoms with van der Waals surface area (Å²) in [6, 6.07) is 4.02. The Balaban J connectivity index is 2.12. The second-order valence-electron chi connectivity index (χ2n) is 5.08. The van der Waals surface area contributed by atoms with Gasteiger partial charge in [0, 0.05) is 23.8 Å². The minimum absolute atomic E-state index is 0.280. The molecule has 1 heterocycles. The Bertz CT molecular complexity index is 622. The lowest BCUT2D eigenvalue weighted by atomic mass is 9.98. The number of aromatic nitrogens is 2. The minimum atomic E-state index is -0.311. The molecule has 3 nitrogen and oxygen atoms in total. The summed E-state index contributed by atoms with van der Waals surface area (Å²) in [6.07, 6.45) is 1.51. The Morgan fingerprint density at radius 2 is 2.10 bits per heavy atom. The molecule has 0 saturated carbocycles. The lowest BCUT2D eigenvalue weighted by Crippen LogP contribution is -2.12. The van der Waals surface area contributed by atoms with Crippen LogP contribution in [-0.4, -0.2) is 9.78 Å². The van der Waals surface area contributed by atoms with Gasteiger partial charge >= 0.3 is 0 Å². The van der Waals surface area contributed by atoms with Gasteiger partial charge in [-0.3, -0.25) is 4.68 Å². The van der Waals surface area contributed by atoms with Gasteiger partial charge in [0.15, 0.2) is 0 Å². The SMILES string of the molecule is Cc1nn(C)c(C)c1CCC(N)c1cc(F)ccc1Cl. The van der Waals surface area contributed by atoms with E-state index in [-0.39, 0.29) is 11.9 Å².